The fraction of sp³-hybridized carbons (Fsp3) is 0.316. The number of benzene rings is 2. The summed E-state index contributed by atoms with van der Waals surface area (Å²) >= 11 is 5.39. The molecule has 0 bridgehead atoms. The van der Waals surface area contributed by atoms with Crippen LogP contribution in [0.3, 0.4) is 0 Å². The van der Waals surface area contributed by atoms with Crippen molar-refractivity contribution < 1.29 is 9.13 Å². The van der Waals surface area contributed by atoms with Crippen LogP contribution in [0.25, 0.3) is 0 Å². The van der Waals surface area contributed by atoms with Crippen molar-refractivity contribution in [3.8, 4) is 5.75 Å². The van der Waals surface area contributed by atoms with E-state index in [9.17, 15) is 4.39 Å². The van der Waals surface area contributed by atoms with Crippen molar-refractivity contribution >= 4 is 23.0 Å². The first-order valence-electron chi connectivity index (χ1n) is 7.95. The van der Waals surface area contributed by atoms with Gasteiger partial charge in [-0.2, -0.15) is 0 Å². The largest absolute Gasteiger partial charge is 0.497 e. The van der Waals surface area contributed by atoms with Crippen LogP contribution in [0.4, 0.5) is 10.1 Å². The molecule has 0 aliphatic carbocycles. The van der Waals surface area contributed by atoms with Crippen molar-refractivity contribution in [1.29, 1.82) is 0 Å². The molecule has 0 amide bonds. The van der Waals surface area contributed by atoms with E-state index in [-0.39, 0.29) is 11.9 Å². The first kappa shape index (κ1) is 18.2. The molecule has 0 fully saturated rings. The van der Waals surface area contributed by atoms with Crippen LogP contribution >= 0.6 is 12.2 Å². The number of nitrogens with one attached hydrogen (secondary N) is 2. The van der Waals surface area contributed by atoms with Crippen LogP contribution in [0.15, 0.2) is 48.5 Å². The van der Waals surface area contributed by atoms with Gasteiger partial charge in [-0.1, -0.05) is 32.0 Å². The maximum Gasteiger partial charge on any atom is 0.171 e. The van der Waals surface area contributed by atoms with Crippen LogP contribution in [0.2, 0.25) is 0 Å². The van der Waals surface area contributed by atoms with Crippen LogP contribution in [0, 0.1) is 11.7 Å². The van der Waals surface area contributed by atoms with E-state index in [0.717, 1.165) is 17.7 Å². The molecule has 0 unspecified atom stereocenters. The Morgan fingerprint density at radius 3 is 2.46 bits per heavy atom. The first-order valence-corrected chi connectivity index (χ1v) is 8.36. The van der Waals surface area contributed by atoms with Gasteiger partial charge in [-0.05, 0) is 60.5 Å². The molecule has 0 saturated heterocycles. The van der Waals surface area contributed by atoms with E-state index < -0.39 is 0 Å². The molecular weight excluding hydrogens is 323 g/mol. The Labute approximate surface area is 148 Å². The summed E-state index contributed by atoms with van der Waals surface area (Å²) in [4.78, 5) is 0. The molecule has 0 aliphatic rings. The standard InChI is InChI=1S/C19H23FN2OS/c1-13(2)11-18(14-7-9-17(23-3)10-8-14)22-19(24)21-16-6-4-5-15(20)12-16/h4-10,12-13,18H,11H2,1-3H3,(H2,21,22,24)/t18-/m1/s1. The van der Waals surface area contributed by atoms with Gasteiger partial charge < -0.3 is 15.4 Å². The third-order valence-electron chi connectivity index (χ3n) is 3.61. The maximum absolute atomic E-state index is 13.3. The van der Waals surface area contributed by atoms with E-state index in [1.807, 2.05) is 24.3 Å². The SMILES string of the molecule is COc1ccc([C@@H](CC(C)C)NC(=S)Nc2cccc(F)c2)cc1. The molecule has 0 heterocycles. The van der Waals surface area contributed by atoms with Crippen LogP contribution in [-0.2, 0) is 0 Å². The Kier molecular flexibility index (Phi) is 6.55. The molecular formula is C19H23FN2OS. The van der Waals surface area contributed by atoms with Gasteiger partial charge in [0.15, 0.2) is 5.11 Å². The predicted octanol–water partition coefficient (Wildman–Crippen LogP) is 4.91. The molecule has 0 radical (unpaired) electrons. The van der Waals surface area contributed by atoms with Gasteiger partial charge in [0.1, 0.15) is 11.6 Å². The molecule has 24 heavy (non-hydrogen) atoms. The quantitative estimate of drug-likeness (QED) is 0.728. The van der Waals surface area contributed by atoms with E-state index in [2.05, 4.69) is 24.5 Å². The Bertz CT molecular complexity index is 673. The van der Waals surface area contributed by atoms with E-state index >= 15 is 0 Å². The Hall–Kier alpha value is -2.14. The fourth-order valence-electron chi connectivity index (χ4n) is 2.48. The summed E-state index contributed by atoms with van der Waals surface area (Å²) in [6.45, 7) is 4.34. The van der Waals surface area contributed by atoms with Crippen molar-refractivity contribution in [3.63, 3.8) is 0 Å². The lowest BCUT2D eigenvalue weighted by Crippen LogP contribution is -2.33. The van der Waals surface area contributed by atoms with Gasteiger partial charge >= 0.3 is 0 Å². The summed E-state index contributed by atoms with van der Waals surface area (Å²) in [6.07, 6.45) is 0.928. The lowest BCUT2D eigenvalue weighted by molar-refractivity contribution is 0.414. The summed E-state index contributed by atoms with van der Waals surface area (Å²) in [5.74, 6) is 1.03. The highest BCUT2D eigenvalue weighted by molar-refractivity contribution is 7.80. The lowest BCUT2D eigenvalue weighted by atomic mass is 9.97. The minimum absolute atomic E-state index is 0.0736. The maximum atomic E-state index is 13.3. The number of hydrogen-bond donors (Lipinski definition) is 2. The number of methoxy groups -OCH3 is 1. The van der Waals surface area contributed by atoms with Gasteiger partial charge in [-0.25, -0.2) is 4.39 Å². The Morgan fingerprint density at radius 1 is 1.17 bits per heavy atom. The minimum atomic E-state index is -0.295. The van der Waals surface area contributed by atoms with E-state index in [4.69, 9.17) is 17.0 Å². The number of anilines is 1. The second-order valence-corrected chi connectivity index (χ2v) is 6.47. The van der Waals surface area contributed by atoms with Gasteiger partial charge in [-0.3, -0.25) is 0 Å². The first-order chi connectivity index (χ1) is 11.5. The topological polar surface area (TPSA) is 33.3 Å². The molecule has 0 spiro atoms. The fourth-order valence-corrected chi connectivity index (χ4v) is 2.74. The zero-order chi connectivity index (χ0) is 17.5. The molecule has 0 aromatic heterocycles. The third-order valence-corrected chi connectivity index (χ3v) is 3.83. The average molecular weight is 346 g/mol. The lowest BCUT2D eigenvalue weighted by Gasteiger charge is -2.23. The van der Waals surface area contributed by atoms with Gasteiger partial charge in [0.2, 0.25) is 0 Å². The molecule has 2 aromatic rings. The van der Waals surface area contributed by atoms with Crippen LogP contribution < -0.4 is 15.4 Å². The van der Waals surface area contributed by atoms with Crippen LogP contribution in [-0.4, -0.2) is 12.2 Å². The number of ether oxygens (including phenoxy) is 1. The van der Waals surface area contributed by atoms with Gasteiger partial charge in [0.05, 0.1) is 13.2 Å². The molecule has 2 aromatic carbocycles. The molecule has 3 nitrogen and oxygen atoms in total. The van der Waals surface area contributed by atoms with Gasteiger partial charge in [0, 0.05) is 5.69 Å². The number of thiocarbonyl (C=S) groups is 1. The Balaban J connectivity index is 2.08. The molecule has 0 aliphatic heterocycles. The van der Waals surface area contributed by atoms with Crippen LogP contribution in [0.1, 0.15) is 31.9 Å². The second kappa shape index (κ2) is 8.64. The highest BCUT2D eigenvalue weighted by Crippen LogP contribution is 2.24. The molecule has 128 valence electrons. The molecule has 5 heteroatoms. The third kappa shape index (κ3) is 5.49. The van der Waals surface area contributed by atoms with E-state index in [1.54, 1.807) is 19.2 Å². The normalized spacial score (nSPS) is 11.9. The zero-order valence-corrected chi connectivity index (χ0v) is 15.0. The molecule has 0 saturated carbocycles. The van der Waals surface area contributed by atoms with Crippen molar-refractivity contribution in [2.24, 2.45) is 5.92 Å². The van der Waals surface area contributed by atoms with Crippen molar-refractivity contribution in [3.05, 3.63) is 59.9 Å². The summed E-state index contributed by atoms with van der Waals surface area (Å²) in [6, 6.07) is 14.3. The average Bonchev–Trinajstić information content (AvgIpc) is 2.54. The van der Waals surface area contributed by atoms with E-state index in [1.165, 1.54) is 12.1 Å². The number of halogens is 1. The minimum Gasteiger partial charge on any atom is -0.497 e. The summed E-state index contributed by atoms with van der Waals surface area (Å²) in [7, 11) is 1.65. The summed E-state index contributed by atoms with van der Waals surface area (Å²) in [5, 5.41) is 6.84. The Morgan fingerprint density at radius 2 is 1.88 bits per heavy atom. The number of rotatable bonds is 6. The summed E-state index contributed by atoms with van der Waals surface area (Å²) in [5.41, 5.74) is 1.76. The van der Waals surface area contributed by atoms with Crippen molar-refractivity contribution in [2.75, 3.05) is 12.4 Å². The van der Waals surface area contributed by atoms with Crippen LogP contribution in [0.5, 0.6) is 5.75 Å². The molecule has 1 atom stereocenters. The van der Waals surface area contributed by atoms with E-state index in [0.29, 0.717) is 16.7 Å². The monoisotopic (exact) mass is 346 g/mol. The highest BCUT2D eigenvalue weighted by Gasteiger charge is 2.15. The second-order valence-electron chi connectivity index (χ2n) is 6.06. The van der Waals surface area contributed by atoms with Crippen molar-refractivity contribution in [2.45, 2.75) is 26.3 Å². The predicted molar refractivity (Wildman–Crippen MR) is 101 cm³/mol. The van der Waals surface area contributed by atoms with Crippen molar-refractivity contribution in [1.82, 2.24) is 5.32 Å². The molecule has 2 N–H and O–H groups in total. The molecule has 2 rings (SSSR count). The summed E-state index contributed by atoms with van der Waals surface area (Å²) < 4.78 is 18.5. The smallest absolute Gasteiger partial charge is 0.171 e. The van der Waals surface area contributed by atoms with Gasteiger partial charge in [0.25, 0.3) is 0 Å². The van der Waals surface area contributed by atoms with Gasteiger partial charge in [-0.15, -0.1) is 0 Å². The highest BCUT2D eigenvalue weighted by atomic mass is 32.1. The zero-order valence-electron chi connectivity index (χ0n) is 14.2. The number of hydrogen-bond acceptors (Lipinski definition) is 2.